The lowest BCUT2D eigenvalue weighted by molar-refractivity contribution is 0.112. The Morgan fingerprint density at radius 3 is 2.07 bits per heavy atom. The molecule has 6 heteroatoms. The van der Waals surface area contributed by atoms with E-state index in [1.165, 1.54) is 23.0 Å². The maximum absolute atomic E-state index is 13.7. The van der Waals surface area contributed by atoms with Gasteiger partial charge in [-0.3, -0.25) is 19.0 Å². The van der Waals surface area contributed by atoms with Crippen LogP contribution in [0.4, 0.5) is 0 Å². The molecule has 46 heavy (non-hydrogen) atoms. The molecule has 0 saturated heterocycles. The number of benzene rings is 5. The zero-order valence-corrected chi connectivity index (χ0v) is 26.3. The maximum atomic E-state index is 13.7. The standard InChI is InChI=1S/C40H35NO5/c1-4-5-7-26-8-10-27(11-9-26)28-12-16-35-33(22-28)30-13-14-31-37-32(15-17-36(46-35)38(30)37)40(44)41(39(31)43)18-6-19-45-29-20-24(2)34(23-42)25(3)21-29/h8-17,20-23H,4-7,18-19H2,1-3H3. The van der Waals surface area contributed by atoms with Gasteiger partial charge in [-0.25, -0.2) is 0 Å². The Morgan fingerprint density at radius 2 is 1.37 bits per heavy atom. The molecule has 0 bridgehead atoms. The highest BCUT2D eigenvalue weighted by molar-refractivity contribution is 6.26. The molecule has 2 aromatic heterocycles. The van der Waals surface area contributed by atoms with Gasteiger partial charge in [0.25, 0.3) is 11.1 Å². The van der Waals surface area contributed by atoms with Crippen molar-refractivity contribution in [1.82, 2.24) is 4.57 Å². The summed E-state index contributed by atoms with van der Waals surface area (Å²) in [6, 6.07) is 26.0. The lowest BCUT2D eigenvalue weighted by Gasteiger charge is -2.15. The molecule has 0 spiro atoms. The van der Waals surface area contributed by atoms with Gasteiger partial charge in [0.05, 0.1) is 6.61 Å². The molecule has 6 nitrogen and oxygen atoms in total. The average Bonchev–Trinajstić information content (AvgIpc) is 3.06. The van der Waals surface area contributed by atoms with Gasteiger partial charge in [-0.15, -0.1) is 0 Å². The van der Waals surface area contributed by atoms with E-state index in [1.54, 1.807) is 6.07 Å². The fourth-order valence-corrected chi connectivity index (χ4v) is 6.71. The number of unbranched alkanes of at least 4 members (excludes halogenated alkanes) is 1. The number of pyridine rings is 1. The van der Waals surface area contributed by atoms with Crippen molar-refractivity contribution in [2.24, 2.45) is 0 Å². The Balaban J connectivity index is 1.23. The summed E-state index contributed by atoms with van der Waals surface area (Å²) >= 11 is 0. The van der Waals surface area contributed by atoms with Crippen molar-refractivity contribution >= 4 is 49.8 Å². The molecule has 0 aliphatic heterocycles. The Kier molecular flexibility index (Phi) is 7.65. The number of hydrogen-bond acceptors (Lipinski definition) is 5. The molecule has 0 amide bonds. The van der Waals surface area contributed by atoms with E-state index in [0.717, 1.165) is 56.7 Å². The van der Waals surface area contributed by atoms with Gasteiger partial charge in [0.2, 0.25) is 0 Å². The van der Waals surface area contributed by atoms with Gasteiger partial charge >= 0.3 is 0 Å². The van der Waals surface area contributed by atoms with Gasteiger partial charge in [-0.05, 0) is 109 Å². The fourth-order valence-electron chi connectivity index (χ4n) is 6.71. The van der Waals surface area contributed by atoms with Crippen molar-refractivity contribution < 1.29 is 13.9 Å². The third-order valence-corrected chi connectivity index (χ3v) is 9.15. The van der Waals surface area contributed by atoms with Crippen LogP contribution in [0.2, 0.25) is 0 Å². The van der Waals surface area contributed by atoms with Gasteiger partial charge in [-0.2, -0.15) is 0 Å². The zero-order valence-electron chi connectivity index (χ0n) is 26.3. The van der Waals surface area contributed by atoms with E-state index in [1.807, 2.05) is 50.2 Å². The Morgan fingerprint density at radius 1 is 0.717 bits per heavy atom. The van der Waals surface area contributed by atoms with Crippen molar-refractivity contribution in [3.05, 3.63) is 122 Å². The second-order valence-electron chi connectivity index (χ2n) is 12.2. The summed E-state index contributed by atoms with van der Waals surface area (Å²) in [7, 11) is 0. The van der Waals surface area contributed by atoms with Gasteiger partial charge in [0, 0.05) is 39.0 Å². The number of nitrogens with zero attached hydrogens (tertiary/aromatic N) is 1. The molecule has 7 aromatic rings. The number of aryl methyl sites for hydroxylation is 3. The van der Waals surface area contributed by atoms with E-state index in [0.29, 0.717) is 46.1 Å². The number of rotatable bonds is 10. The molecular formula is C40H35NO5. The summed E-state index contributed by atoms with van der Waals surface area (Å²) in [6.45, 7) is 6.50. The Labute approximate surface area is 266 Å². The number of fused-ring (bicyclic) bond motifs is 2. The Bertz CT molecular complexity index is 2320. The first-order chi connectivity index (χ1) is 22.4. The molecule has 0 radical (unpaired) electrons. The summed E-state index contributed by atoms with van der Waals surface area (Å²) in [6.07, 6.45) is 4.76. The van der Waals surface area contributed by atoms with Crippen LogP contribution in [0.15, 0.2) is 92.9 Å². The molecule has 0 atom stereocenters. The first-order valence-corrected chi connectivity index (χ1v) is 15.9. The van der Waals surface area contributed by atoms with E-state index in [-0.39, 0.29) is 17.7 Å². The van der Waals surface area contributed by atoms with Gasteiger partial charge in [-0.1, -0.05) is 49.7 Å². The monoisotopic (exact) mass is 609 g/mol. The molecule has 0 N–H and O–H groups in total. The van der Waals surface area contributed by atoms with Crippen LogP contribution in [0.1, 0.15) is 53.2 Å². The SMILES string of the molecule is CCCCc1ccc(-c2ccc3oc4ccc5c(=O)n(CCCOc6cc(C)c(C=O)c(C)c6)c(=O)c6ccc(c3c2)c4c56)cc1. The topological polar surface area (TPSA) is 78.5 Å². The number of carbonyl (C=O) groups excluding carboxylic acids is 1. The van der Waals surface area contributed by atoms with E-state index in [9.17, 15) is 14.4 Å². The minimum absolute atomic E-state index is 0.229. The van der Waals surface area contributed by atoms with Crippen molar-refractivity contribution in [3.8, 4) is 16.9 Å². The van der Waals surface area contributed by atoms with Crippen molar-refractivity contribution in [2.45, 2.75) is 53.0 Å². The summed E-state index contributed by atoms with van der Waals surface area (Å²) < 4.78 is 13.6. The van der Waals surface area contributed by atoms with Gasteiger partial charge in [0.1, 0.15) is 16.9 Å². The van der Waals surface area contributed by atoms with Crippen LogP contribution in [-0.2, 0) is 13.0 Å². The predicted octanol–water partition coefficient (Wildman–Crippen LogP) is 8.76. The lowest BCUT2D eigenvalue weighted by atomic mass is 9.95. The van der Waals surface area contributed by atoms with Crippen LogP contribution in [0.25, 0.3) is 54.6 Å². The van der Waals surface area contributed by atoms with Crippen molar-refractivity contribution in [2.75, 3.05) is 6.61 Å². The highest BCUT2D eigenvalue weighted by atomic mass is 16.5. The number of aromatic nitrogens is 1. The second-order valence-corrected chi connectivity index (χ2v) is 12.2. The number of aldehydes is 1. The van der Waals surface area contributed by atoms with Crippen LogP contribution in [-0.4, -0.2) is 17.5 Å². The molecule has 0 fully saturated rings. The van der Waals surface area contributed by atoms with E-state index < -0.39 is 0 Å². The predicted molar refractivity (Wildman–Crippen MR) is 186 cm³/mol. The van der Waals surface area contributed by atoms with Crippen LogP contribution in [0.3, 0.4) is 0 Å². The van der Waals surface area contributed by atoms with Crippen LogP contribution >= 0.6 is 0 Å². The molecule has 0 saturated carbocycles. The number of hydrogen-bond donors (Lipinski definition) is 0. The molecule has 0 aliphatic rings. The first-order valence-electron chi connectivity index (χ1n) is 15.9. The largest absolute Gasteiger partial charge is 0.494 e. The van der Waals surface area contributed by atoms with E-state index in [2.05, 4.69) is 43.3 Å². The molecule has 0 unspecified atom stereocenters. The normalized spacial score (nSPS) is 11.7. The summed E-state index contributed by atoms with van der Waals surface area (Å²) in [5.41, 5.74) is 6.68. The minimum atomic E-state index is -0.314. The molecule has 2 heterocycles. The lowest BCUT2D eigenvalue weighted by Crippen LogP contribution is -2.33. The zero-order chi connectivity index (χ0) is 31.9. The second kappa shape index (κ2) is 11.9. The fraction of sp³-hybridized carbons (Fsp3) is 0.225. The smallest absolute Gasteiger partial charge is 0.261 e. The average molecular weight is 610 g/mol. The summed E-state index contributed by atoms with van der Waals surface area (Å²) in [4.78, 5) is 38.8. The first kappa shape index (κ1) is 29.5. The van der Waals surface area contributed by atoms with Crippen LogP contribution in [0.5, 0.6) is 5.75 Å². The molecule has 5 aromatic carbocycles. The highest BCUT2D eigenvalue weighted by Crippen LogP contribution is 2.38. The molecule has 0 aliphatic carbocycles. The molecule has 7 rings (SSSR count). The van der Waals surface area contributed by atoms with Crippen molar-refractivity contribution in [3.63, 3.8) is 0 Å². The Hall–Kier alpha value is -5.23. The number of carbonyl (C=O) groups is 1. The number of ether oxygens (including phenoxy) is 1. The van der Waals surface area contributed by atoms with Crippen LogP contribution in [0, 0.1) is 13.8 Å². The highest BCUT2D eigenvalue weighted by Gasteiger charge is 2.19. The quantitative estimate of drug-likeness (QED) is 0.0671. The maximum Gasteiger partial charge on any atom is 0.261 e. The third kappa shape index (κ3) is 5.04. The molecular weight excluding hydrogens is 574 g/mol. The summed E-state index contributed by atoms with van der Waals surface area (Å²) in [5.74, 6) is 0.661. The van der Waals surface area contributed by atoms with Crippen molar-refractivity contribution in [1.29, 1.82) is 0 Å². The van der Waals surface area contributed by atoms with Gasteiger partial charge in [0.15, 0.2) is 6.29 Å². The van der Waals surface area contributed by atoms with E-state index in [4.69, 9.17) is 9.15 Å². The molecule has 230 valence electrons. The minimum Gasteiger partial charge on any atom is -0.494 e. The van der Waals surface area contributed by atoms with Crippen LogP contribution < -0.4 is 15.9 Å². The summed E-state index contributed by atoms with van der Waals surface area (Å²) in [5, 5.41) is 4.33. The van der Waals surface area contributed by atoms with E-state index >= 15 is 0 Å². The van der Waals surface area contributed by atoms with Gasteiger partial charge < -0.3 is 9.15 Å². The third-order valence-electron chi connectivity index (χ3n) is 9.15.